The first-order valence-corrected chi connectivity index (χ1v) is 2.59. The summed E-state index contributed by atoms with van der Waals surface area (Å²) < 4.78 is 0. The molecule has 0 saturated carbocycles. The summed E-state index contributed by atoms with van der Waals surface area (Å²) in [6.07, 6.45) is 1.26. The predicted octanol–water partition coefficient (Wildman–Crippen LogP) is 0.922. The van der Waals surface area contributed by atoms with Crippen molar-refractivity contribution in [1.29, 1.82) is 0 Å². The lowest BCUT2D eigenvalue weighted by molar-refractivity contribution is -0.116. The van der Waals surface area contributed by atoms with Gasteiger partial charge in [0.2, 0.25) is 5.91 Å². The van der Waals surface area contributed by atoms with E-state index in [2.05, 4.69) is 11.9 Å². The molecule has 0 bridgehead atoms. The Hall–Kier alpha value is -0.790. The van der Waals surface area contributed by atoms with Crippen LogP contribution < -0.4 is 5.32 Å². The lowest BCUT2D eigenvalue weighted by Crippen LogP contribution is -2.27. The minimum Gasteiger partial charge on any atom is -0.350 e. The summed E-state index contributed by atoms with van der Waals surface area (Å²) in [7, 11) is 0. The SMILES string of the molecule is C=CC(=O)NC(C)C.[H+].[H+]. The van der Waals surface area contributed by atoms with Gasteiger partial charge in [-0.2, -0.15) is 0 Å². The zero-order valence-corrected chi connectivity index (χ0v) is 5.27. The van der Waals surface area contributed by atoms with Crippen LogP contribution in [0.3, 0.4) is 0 Å². The Kier molecular flexibility index (Phi) is 2.92. The highest BCUT2D eigenvalue weighted by Crippen LogP contribution is 1.75. The molecule has 0 fully saturated rings. The van der Waals surface area contributed by atoms with Crippen LogP contribution in [-0.2, 0) is 4.79 Å². The van der Waals surface area contributed by atoms with Crippen LogP contribution in [0.4, 0.5) is 0 Å². The zero-order chi connectivity index (χ0) is 6.57. The molecule has 0 unspecified atom stereocenters. The number of amides is 1. The van der Waals surface area contributed by atoms with E-state index in [9.17, 15) is 4.79 Å². The van der Waals surface area contributed by atoms with Gasteiger partial charge in [0.05, 0.1) is 0 Å². The number of rotatable bonds is 2. The molecule has 0 aliphatic heterocycles. The number of hydrogen-bond acceptors (Lipinski definition) is 1. The van der Waals surface area contributed by atoms with E-state index >= 15 is 0 Å². The minimum atomic E-state index is -0.111. The fourth-order valence-electron chi connectivity index (χ4n) is 0.343. The summed E-state index contributed by atoms with van der Waals surface area (Å²) in [6, 6.07) is 0.209. The summed E-state index contributed by atoms with van der Waals surface area (Å²) in [5.41, 5.74) is 0. The van der Waals surface area contributed by atoms with E-state index in [0.717, 1.165) is 0 Å². The highest BCUT2D eigenvalue weighted by Gasteiger charge is 1.93. The van der Waals surface area contributed by atoms with Gasteiger partial charge in [0.25, 0.3) is 0 Å². The Labute approximate surface area is 52.6 Å². The summed E-state index contributed by atoms with van der Waals surface area (Å²) in [5.74, 6) is -0.111. The second kappa shape index (κ2) is 3.24. The molecule has 1 N–H and O–H groups in total. The van der Waals surface area contributed by atoms with Crippen molar-refractivity contribution < 1.29 is 7.65 Å². The maximum Gasteiger partial charge on any atom is 1.00 e. The van der Waals surface area contributed by atoms with E-state index in [1.165, 1.54) is 6.08 Å². The molecule has 0 saturated heterocycles. The first-order chi connectivity index (χ1) is 3.66. The highest BCUT2D eigenvalue weighted by molar-refractivity contribution is 5.86. The number of carbonyl (C=O) groups excluding carboxylic acids is 1. The molecule has 0 aliphatic carbocycles. The van der Waals surface area contributed by atoms with Gasteiger partial charge in [-0.05, 0) is 19.9 Å². The summed E-state index contributed by atoms with van der Waals surface area (Å²) in [6.45, 7) is 7.11. The number of hydrogen-bond donors (Lipinski definition) is 1. The first kappa shape index (κ1) is 7.21. The molecule has 46 valence electrons. The van der Waals surface area contributed by atoms with E-state index in [1.54, 1.807) is 0 Å². The third-order valence-electron chi connectivity index (χ3n) is 0.616. The minimum absolute atomic E-state index is 0. The van der Waals surface area contributed by atoms with Gasteiger partial charge < -0.3 is 5.32 Å². The van der Waals surface area contributed by atoms with Crippen LogP contribution in [0.25, 0.3) is 0 Å². The second-order valence-electron chi connectivity index (χ2n) is 1.87. The molecule has 0 aromatic heterocycles. The quantitative estimate of drug-likeness (QED) is 0.533. The van der Waals surface area contributed by atoms with E-state index in [0.29, 0.717) is 0 Å². The third-order valence-corrected chi connectivity index (χ3v) is 0.616. The smallest absolute Gasteiger partial charge is 0.350 e. The van der Waals surface area contributed by atoms with E-state index in [-0.39, 0.29) is 14.8 Å². The van der Waals surface area contributed by atoms with Crippen molar-refractivity contribution in [3.8, 4) is 0 Å². The van der Waals surface area contributed by atoms with Crippen LogP contribution in [0.2, 0.25) is 0 Å². The molecular weight excluding hydrogens is 102 g/mol. The monoisotopic (exact) mass is 115 g/mol. The van der Waals surface area contributed by atoms with E-state index < -0.39 is 0 Å². The lowest BCUT2D eigenvalue weighted by Gasteiger charge is -2.02. The van der Waals surface area contributed by atoms with Gasteiger partial charge in [-0.15, -0.1) is 0 Å². The summed E-state index contributed by atoms with van der Waals surface area (Å²) >= 11 is 0. The van der Waals surface area contributed by atoms with Gasteiger partial charge in [-0.3, -0.25) is 4.79 Å². The van der Waals surface area contributed by atoms with Crippen LogP contribution in [0.5, 0.6) is 0 Å². The van der Waals surface area contributed by atoms with Crippen LogP contribution in [0, 0.1) is 0 Å². The molecule has 0 aromatic carbocycles. The molecule has 1 amide bonds. The average Bonchev–Trinajstić information content (AvgIpc) is 1.65. The second-order valence-corrected chi connectivity index (χ2v) is 1.87. The maximum absolute atomic E-state index is 10.4. The largest absolute Gasteiger partial charge is 1.00 e. The van der Waals surface area contributed by atoms with Crippen molar-refractivity contribution in [3.05, 3.63) is 12.7 Å². The fraction of sp³-hybridized carbons (Fsp3) is 0.500. The Balaban J connectivity index is -0.000000245. The summed E-state index contributed by atoms with van der Waals surface area (Å²) in [4.78, 5) is 10.4. The number of nitrogens with one attached hydrogen (secondary N) is 1. The van der Waals surface area contributed by atoms with Gasteiger partial charge in [0.1, 0.15) is 0 Å². The zero-order valence-electron chi connectivity index (χ0n) is 7.27. The Bertz CT molecular complexity index is 104. The fourth-order valence-corrected chi connectivity index (χ4v) is 0.343. The molecule has 0 radical (unpaired) electrons. The van der Waals surface area contributed by atoms with Gasteiger partial charge in [-0.25, -0.2) is 0 Å². The highest BCUT2D eigenvalue weighted by atomic mass is 16.1. The predicted molar refractivity (Wildman–Crippen MR) is 35.7 cm³/mol. The van der Waals surface area contributed by atoms with Gasteiger partial charge in [-0.1, -0.05) is 6.58 Å². The molecule has 0 aromatic rings. The third kappa shape index (κ3) is 3.40. The van der Waals surface area contributed by atoms with Crippen LogP contribution in [0.1, 0.15) is 16.7 Å². The molecule has 0 spiro atoms. The van der Waals surface area contributed by atoms with E-state index in [4.69, 9.17) is 0 Å². The summed E-state index contributed by atoms with van der Waals surface area (Å²) in [5, 5.41) is 2.64. The van der Waals surface area contributed by atoms with Gasteiger partial charge >= 0.3 is 2.85 Å². The Morgan fingerprint density at radius 3 is 2.50 bits per heavy atom. The molecule has 0 rings (SSSR count). The molecule has 2 nitrogen and oxygen atoms in total. The maximum atomic E-state index is 10.4. The normalized spacial score (nSPS) is 8.88. The molecule has 8 heavy (non-hydrogen) atoms. The van der Waals surface area contributed by atoms with Gasteiger partial charge in [0, 0.05) is 6.04 Å². The van der Waals surface area contributed by atoms with Crippen molar-refractivity contribution >= 4 is 5.91 Å². The Morgan fingerprint density at radius 1 is 1.88 bits per heavy atom. The lowest BCUT2D eigenvalue weighted by atomic mass is 10.4. The van der Waals surface area contributed by atoms with Crippen LogP contribution in [0.15, 0.2) is 12.7 Å². The topological polar surface area (TPSA) is 29.1 Å². The van der Waals surface area contributed by atoms with Crippen molar-refractivity contribution in [2.75, 3.05) is 0 Å². The molecule has 0 aliphatic rings. The van der Waals surface area contributed by atoms with E-state index in [1.807, 2.05) is 13.8 Å². The first-order valence-electron chi connectivity index (χ1n) is 2.59. The molecule has 0 atom stereocenters. The van der Waals surface area contributed by atoms with Crippen molar-refractivity contribution in [3.63, 3.8) is 0 Å². The molecule has 2 heteroatoms. The van der Waals surface area contributed by atoms with Crippen LogP contribution >= 0.6 is 0 Å². The Morgan fingerprint density at radius 2 is 2.38 bits per heavy atom. The number of carbonyl (C=O) groups is 1. The van der Waals surface area contributed by atoms with Gasteiger partial charge in [0.15, 0.2) is 0 Å². The standard InChI is InChI=1S/C6H11NO/c1-4-6(8)7-5(2)3/h4-5H,1H2,2-3H3,(H,7,8)/p+2. The van der Waals surface area contributed by atoms with Crippen molar-refractivity contribution in [2.24, 2.45) is 0 Å². The molecule has 0 heterocycles. The van der Waals surface area contributed by atoms with Crippen molar-refractivity contribution in [2.45, 2.75) is 19.9 Å². The van der Waals surface area contributed by atoms with Crippen LogP contribution in [-0.4, -0.2) is 11.9 Å². The molecular formula is C6H13NO+2. The van der Waals surface area contributed by atoms with Crippen molar-refractivity contribution in [1.82, 2.24) is 5.32 Å². The average molecular weight is 115 g/mol.